The van der Waals surface area contributed by atoms with Crippen molar-refractivity contribution in [3.05, 3.63) is 27.1 Å². The molecule has 21 heavy (non-hydrogen) atoms. The molecule has 2 rings (SSSR count). The van der Waals surface area contributed by atoms with Crippen LogP contribution in [0.3, 0.4) is 0 Å². The van der Waals surface area contributed by atoms with Gasteiger partial charge >= 0.3 is 0 Å². The highest BCUT2D eigenvalue weighted by atomic mass is 32.1. The Morgan fingerprint density at radius 1 is 1.52 bits per heavy atom. The lowest BCUT2D eigenvalue weighted by molar-refractivity contribution is 0.199. The summed E-state index contributed by atoms with van der Waals surface area (Å²) in [4.78, 5) is 19.3. The minimum absolute atomic E-state index is 0.00000661. The van der Waals surface area contributed by atoms with E-state index in [9.17, 15) is 4.79 Å². The summed E-state index contributed by atoms with van der Waals surface area (Å²) in [5.74, 6) is 0.747. The molecule has 0 aliphatic heterocycles. The highest BCUT2D eigenvalue weighted by Gasteiger charge is 2.13. The quantitative estimate of drug-likeness (QED) is 0.737. The first-order valence-corrected chi connectivity index (χ1v) is 7.91. The normalized spacial score (nSPS) is 10.9. The van der Waals surface area contributed by atoms with Gasteiger partial charge in [-0.1, -0.05) is 6.92 Å². The van der Waals surface area contributed by atoms with E-state index in [1.807, 2.05) is 6.07 Å². The minimum Gasteiger partial charge on any atom is -0.384 e. The van der Waals surface area contributed by atoms with Gasteiger partial charge in [0.1, 0.15) is 10.7 Å². The molecule has 0 fully saturated rings. The number of nitriles is 1. The first-order valence-electron chi connectivity index (χ1n) is 7.09. The van der Waals surface area contributed by atoms with Gasteiger partial charge in [0.2, 0.25) is 0 Å². The van der Waals surface area contributed by atoms with Gasteiger partial charge in [-0.2, -0.15) is 5.26 Å². The smallest absolute Gasteiger partial charge is 0.262 e. The lowest BCUT2D eigenvalue weighted by Gasteiger charge is -2.11. The van der Waals surface area contributed by atoms with Crippen LogP contribution in [0.5, 0.6) is 0 Å². The Labute approximate surface area is 127 Å². The topological polar surface area (TPSA) is 67.9 Å². The molecule has 0 unspecified atom stereocenters. The van der Waals surface area contributed by atoms with Crippen molar-refractivity contribution >= 4 is 21.6 Å². The molecule has 0 amide bonds. The molecule has 2 heterocycles. The predicted octanol–water partition coefficient (Wildman–Crippen LogP) is 2.51. The molecule has 0 saturated carbocycles. The molecule has 2 aromatic rings. The zero-order chi connectivity index (χ0) is 15.2. The summed E-state index contributed by atoms with van der Waals surface area (Å²) in [5.41, 5.74) is -0.00000661. The number of hydrogen-bond donors (Lipinski definition) is 0. The Morgan fingerprint density at radius 2 is 2.33 bits per heavy atom. The molecule has 0 radical (unpaired) electrons. The first kappa shape index (κ1) is 15.7. The van der Waals surface area contributed by atoms with Gasteiger partial charge in [0.05, 0.1) is 18.1 Å². The Morgan fingerprint density at radius 3 is 3.00 bits per heavy atom. The summed E-state index contributed by atoms with van der Waals surface area (Å²) in [6.45, 7) is 3.13. The zero-order valence-electron chi connectivity index (χ0n) is 12.4. The number of nitrogens with zero attached hydrogens (tertiary/aromatic N) is 3. The summed E-state index contributed by atoms with van der Waals surface area (Å²) in [6, 6.07) is 4.05. The van der Waals surface area contributed by atoms with E-state index < -0.39 is 0 Å². The standard InChI is InChI=1S/C15H19N3O2S/c1-3-11-10-12-14(21-11)17-13(6-9-20-2)18(15(12)19)8-5-4-7-16/h10H,3-6,8-9H2,1-2H3. The van der Waals surface area contributed by atoms with Crippen LogP contribution in [0.2, 0.25) is 0 Å². The Bertz CT molecular complexity index is 712. The number of aromatic nitrogens is 2. The maximum absolute atomic E-state index is 12.6. The molecule has 0 bridgehead atoms. The van der Waals surface area contributed by atoms with Gasteiger partial charge in [-0.3, -0.25) is 9.36 Å². The van der Waals surface area contributed by atoms with Crippen molar-refractivity contribution in [1.29, 1.82) is 5.26 Å². The second-order valence-corrected chi connectivity index (χ2v) is 5.89. The minimum atomic E-state index is -0.00000661. The van der Waals surface area contributed by atoms with E-state index in [-0.39, 0.29) is 5.56 Å². The summed E-state index contributed by atoms with van der Waals surface area (Å²) in [5, 5.41) is 9.35. The van der Waals surface area contributed by atoms with E-state index in [0.29, 0.717) is 37.8 Å². The van der Waals surface area contributed by atoms with E-state index in [2.05, 4.69) is 18.0 Å². The molecule has 6 heteroatoms. The van der Waals surface area contributed by atoms with Gasteiger partial charge in [-0.15, -0.1) is 11.3 Å². The van der Waals surface area contributed by atoms with Crippen LogP contribution in [0.1, 0.15) is 30.5 Å². The second kappa shape index (κ2) is 7.34. The number of hydrogen-bond acceptors (Lipinski definition) is 5. The van der Waals surface area contributed by atoms with Gasteiger partial charge in [-0.05, 0) is 18.9 Å². The van der Waals surface area contributed by atoms with Gasteiger partial charge < -0.3 is 4.74 Å². The number of fused-ring (bicyclic) bond motifs is 1. The fraction of sp³-hybridized carbons (Fsp3) is 0.533. The zero-order valence-corrected chi connectivity index (χ0v) is 13.2. The number of thiophene rings is 1. The van der Waals surface area contributed by atoms with E-state index in [4.69, 9.17) is 10.00 Å². The number of aryl methyl sites for hydroxylation is 1. The number of ether oxygens (including phenoxy) is 1. The largest absolute Gasteiger partial charge is 0.384 e. The summed E-state index contributed by atoms with van der Waals surface area (Å²) in [7, 11) is 1.64. The molecule has 2 aromatic heterocycles. The third kappa shape index (κ3) is 3.49. The summed E-state index contributed by atoms with van der Waals surface area (Å²) < 4.78 is 6.80. The lowest BCUT2D eigenvalue weighted by atomic mass is 10.2. The van der Waals surface area contributed by atoms with Gasteiger partial charge in [0.15, 0.2) is 0 Å². The van der Waals surface area contributed by atoms with Crippen LogP contribution in [0.15, 0.2) is 10.9 Å². The summed E-state index contributed by atoms with van der Waals surface area (Å²) >= 11 is 1.58. The molecule has 0 saturated heterocycles. The van der Waals surface area contributed by atoms with Crippen molar-refractivity contribution in [2.45, 2.75) is 39.2 Å². The molecule has 0 atom stereocenters. The Hall–Kier alpha value is -1.71. The second-order valence-electron chi connectivity index (χ2n) is 4.77. The average molecular weight is 305 g/mol. The molecule has 0 aliphatic rings. The van der Waals surface area contributed by atoms with Crippen LogP contribution in [-0.2, 0) is 24.1 Å². The van der Waals surface area contributed by atoms with E-state index in [0.717, 1.165) is 17.1 Å². The lowest BCUT2D eigenvalue weighted by Crippen LogP contribution is -2.25. The summed E-state index contributed by atoms with van der Waals surface area (Å²) in [6.07, 6.45) is 2.61. The van der Waals surface area contributed by atoms with Crippen LogP contribution in [0, 0.1) is 11.3 Å². The fourth-order valence-corrected chi connectivity index (χ4v) is 3.19. The highest BCUT2D eigenvalue weighted by Crippen LogP contribution is 2.22. The van der Waals surface area contributed by atoms with Crippen LogP contribution < -0.4 is 5.56 Å². The van der Waals surface area contributed by atoms with Gasteiger partial charge in [0, 0.05) is 31.4 Å². The van der Waals surface area contributed by atoms with Crippen molar-refractivity contribution in [2.24, 2.45) is 0 Å². The molecular formula is C15H19N3O2S. The van der Waals surface area contributed by atoms with Gasteiger partial charge in [-0.25, -0.2) is 4.98 Å². The Balaban J connectivity index is 2.47. The fourth-order valence-electron chi connectivity index (χ4n) is 2.21. The van der Waals surface area contributed by atoms with Crippen molar-refractivity contribution in [2.75, 3.05) is 13.7 Å². The van der Waals surface area contributed by atoms with Crippen LogP contribution in [-0.4, -0.2) is 23.3 Å². The van der Waals surface area contributed by atoms with E-state index in [1.165, 1.54) is 4.88 Å². The van der Waals surface area contributed by atoms with Crippen molar-refractivity contribution in [3.8, 4) is 6.07 Å². The van der Waals surface area contributed by atoms with Crippen LogP contribution in [0.4, 0.5) is 0 Å². The molecular weight excluding hydrogens is 286 g/mol. The van der Waals surface area contributed by atoms with Crippen molar-refractivity contribution in [3.63, 3.8) is 0 Å². The molecule has 5 nitrogen and oxygen atoms in total. The molecule has 0 spiro atoms. The van der Waals surface area contributed by atoms with Crippen LogP contribution >= 0.6 is 11.3 Å². The SMILES string of the molecule is CCc1cc2c(=O)n(CCCC#N)c(CCOC)nc2s1. The molecule has 112 valence electrons. The van der Waals surface area contributed by atoms with Crippen LogP contribution in [0.25, 0.3) is 10.2 Å². The number of rotatable bonds is 7. The Kier molecular flexibility index (Phi) is 5.48. The van der Waals surface area contributed by atoms with Crippen molar-refractivity contribution < 1.29 is 4.74 Å². The maximum Gasteiger partial charge on any atom is 0.262 e. The molecule has 0 aromatic carbocycles. The first-order chi connectivity index (χ1) is 10.2. The third-order valence-corrected chi connectivity index (χ3v) is 4.50. The van der Waals surface area contributed by atoms with E-state index in [1.54, 1.807) is 23.0 Å². The number of unbranched alkanes of at least 4 members (excludes halogenated alkanes) is 1. The third-order valence-electron chi connectivity index (χ3n) is 3.33. The van der Waals surface area contributed by atoms with Gasteiger partial charge in [0.25, 0.3) is 5.56 Å². The highest BCUT2D eigenvalue weighted by molar-refractivity contribution is 7.18. The predicted molar refractivity (Wildman–Crippen MR) is 83.7 cm³/mol. The average Bonchev–Trinajstić information content (AvgIpc) is 2.91. The number of methoxy groups -OCH3 is 1. The molecule has 0 aliphatic carbocycles. The molecule has 0 N–H and O–H groups in total. The van der Waals surface area contributed by atoms with E-state index >= 15 is 0 Å². The monoisotopic (exact) mass is 305 g/mol. The maximum atomic E-state index is 12.6. The van der Waals surface area contributed by atoms with Crippen molar-refractivity contribution in [1.82, 2.24) is 9.55 Å².